The maximum atomic E-state index is 12.9. The van der Waals surface area contributed by atoms with E-state index in [9.17, 15) is 4.79 Å². The number of rotatable bonds is 3. The van der Waals surface area contributed by atoms with Crippen LogP contribution in [0.2, 0.25) is 0 Å². The molecule has 0 radical (unpaired) electrons. The van der Waals surface area contributed by atoms with Crippen LogP contribution in [0.5, 0.6) is 0 Å². The van der Waals surface area contributed by atoms with Gasteiger partial charge in [0.05, 0.1) is 19.8 Å². The Morgan fingerprint density at radius 1 is 0.960 bits per heavy atom. The molecule has 0 atom stereocenters. The lowest BCUT2D eigenvalue weighted by atomic mass is 10.0. The fraction of sp³-hybridized carbons (Fsp3) is 0.381. The van der Waals surface area contributed by atoms with Gasteiger partial charge in [-0.05, 0) is 41.3 Å². The second-order valence-electron chi connectivity index (χ2n) is 7.08. The molecule has 0 N–H and O–H groups in total. The van der Waals surface area contributed by atoms with Crippen LogP contribution in [-0.4, -0.2) is 32.2 Å². The highest BCUT2D eigenvalue weighted by Crippen LogP contribution is 2.32. The van der Waals surface area contributed by atoms with Gasteiger partial charge in [-0.1, -0.05) is 32.0 Å². The van der Waals surface area contributed by atoms with Gasteiger partial charge in [-0.2, -0.15) is 0 Å². The fourth-order valence-corrected chi connectivity index (χ4v) is 3.55. The summed E-state index contributed by atoms with van der Waals surface area (Å²) in [5, 5.41) is 0. The molecule has 2 aliphatic rings. The zero-order chi connectivity index (χ0) is 17.4. The number of nitrogens with zero attached hydrogens (tertiary/aromatic N) is 2. The van der Waals surface area contributed by atoms with E-state index in [1.165, 1.54) is 5.56 Å². The molecule has 25 heavy (non-hydrogen) atoms. The summed E-state index contributed by atoms with van der Waals surface area (Å²) in [5.41, 5.74) is 5.32. The van der Waals surface area contributed by atoms with Crippen LogP contribution in [0.25, 0.3) is 0 Å². The predicted octanol–water partition coefficient (Wildman–Crippen LogP) is 3.81. The second-order valence-corrected chi connectivity index (χ2v) is 7.08. The van der Waals surface area contributed by atoms with Crippen molar-refractivity contribution in [3.63, 3.8) is 0 Å². The molecule has 4 rings (SSSR count). The van der Waals surface area contributed by atoms with Crippen molar-refractivity contribution in [2.75, 3.05) is 36.1 Å². The zero-order valence-corrected chi connectivity index (χ0v) is 14.9. The predicted molar refractivity (Wildman–Crippen MR) is 101 cm³/mol. The lowest BCUT2D eigenvalue weighted by Crippen LogP contribution is -2.36. The first kappa shape index (κ1) is 16.2. The lowest BCUT2D eigenvalue weighted by molar-refractivity contribution is 0.0996. The molecule has 2 aromatic carbocycles. The van der Waals surface area contributed by atoms with Crippen molar-refractivity contribution in [3.05, 3.63) is 59.2 Å². The van der Waals surface area contributed by atoms with Crippen molar-refractivity contribution >= 4 is 17.3 Å². The maximum Gasteiger partial charge on any atom is 0.259 e. The van der Waals surface area contributed by atoms with Crippen LogP contribution in [0.1, 0.15) is 41.3 Å². The second kappa shape index (κ2) is 6.52. The molecule has 1 amide bonds. The van der Waals surface area contributed by atoms with Crippen molar-refractivity contribution in [2.45, 2.75) is 26.3 Å². The monoisotopic (exact) mass is 336 g/mol. The zero-order valence-electron chi connectivity index (χ0n) is 14.9. The minimum atomic E-state index is 0.0995. The van der Waals surface area contributed by atoms with E-state index < -0.39 is 0 Å². The van der Waals surface area contributed by atoms with Crippen molar-refractivity contribution in [2.24, 2.45) is 0 Å². The summed E-state index contributed by atoms with van der Waals surface area (Å²) in [4.78, 5) is 17.1. The van der Waals surface area contributed by atoms with Crippen LogP contribution in [0.15, 0.2) is 42.5 Å². The van der Waals surface area contributed by atoms with Crippen LogP contribution >= 0.6 is 0 Å². The van der Waals surface area contributed by atoms with Gasteiger partial charge >= 0.3 is 0 Å². The summed E-state index contributed by atoms with van der Waals surface area (Å²) in [5.74, 6) is 0.596. The van der Waals surface area contributed by atoms with Crippen LogP contribution in [0.4, 0.5) is 11.4 Å². The fourth-order valence-electron chi connectivity index (χ4n) is 3.55. The number of carbonyl (C=O) groups is 1. The van der Waals surface area contributed by atoms with Crippen LogP contribution in [-0.2, 0) is 11.3 Å². The van der Waals surface area contributed by atoms with E-state index >= 15 is 0 Å². The first-order valence-electron chi connectivity index (χ1n) is 9.01. The number of fused-ring (bicyclic) bond motifs is 1. The topological polar surface area (TPSA) is 32.8 Å². The van der Waals surface area contributed by atoms with Gasteiger partial charge in [-0.3, -0.25) is 4.79 Å². The highest BCUT2D eigenvalue weighted by molar-refractivity contribution is 6.10. The van der Waals surface area contributed by atoms with Gasteiger partial charge in [0.2, 0.25) is 0 Å². The van der Waals surface area contributed by atoms with E-state index in [2.05, 4.69) is 55.1 Å². The number of hydrogen-bond acceptors (Lipinski definition) is 3. The van der Waals surface area contributed by atoms with E-state index in [4.69, 9.17) is 4.74 Å². The van der Waals surface area contributed by atoms with E-state index in [1.54, 1.807) is 0 Å². The van der Waals surface area contributed by atoms with Gasteiger partial charge in [-0.25, -0.2) is 0 Å². The Morgan fingerprint density at radius 3 is 2.32 bits per heavy atom. The summed E-state index contributed by atoms with van der Waals surface area (Å²) >= 11 is 0. The van der Waals surface area contributed by atoms with Crippen LogP contribution in [0, 0.1) is 0 Å². The van der Waals surface area contributed by atoms with Gasteiger partial charge in [0.25, 0.3) is 5.91 Å². The number of carbonyl (C=O) groups excluding carboxylic acids is 1. The van der Waals surface area contributed by atoms with Gasteiger partial charge in [0.15, 0.2) is 0 Å². The number of anilines is 2. The van der Waals surface area contributed by atoms with Crippen molar-refractivity contribution in [1.82, 2.24) is 0 Å². The number of hydrogen-bond donors (Lipinski definition) is 0. The third kappa shape index (κ3) is 3.02. The van der Waals surface area contributed by atoms with Gasteiger partial charge in [-0.15, -0.1) is 0 Å². The SMILES string of the molecule is CC(C)c1ccc(N2Cc3ccc(N4CCOCC4)cc3C2=O)cc1. The summed E-state index contributed by atoms with van der Waals surface area (Å²) in [7, 11) is 0. The van der Waals surface area contributed by atoms with E-state index in [0.29, 0.717) is 12.5 Å². The average molecular weight is 336 g/mol. The molecule has 0 saturated carbocycles. The molecule has 0 bridgehead atoms. The molecular formula is C21H24N2O2. The quantitative estimate of drug-likeness (QED) is 0.854. The number of ether oxygens (including phenoxy) is 1. The Morgan fingerprint density at radius 2 is 1.64 bits per heavy atom. The highest BCUT2D eigenvalue weighted by Gasteiger charge is 2.29. The molecule has 0 spiro atoms. The Labute approximate surface area is 149 Å². The Balaban J connectivity index is 1.58. The van der Waals surface area contributed by atoms with Crippen LogP contribution < -0.4 is 9.80 Å². The van der Waals surface area contributed by atoms with Crippen molar-refractivity contribution < 1.29 is 9.53 Å². The van der Waals surface area contributed by atoms with E-state index in [1.807, 2.05) is 11.0 Å². The lowest BCUT2D eigenvalue weighted by Gasteiger charge is -2.29. The minimum Gasteiger partial charge on any atom is -0.378 e. The maximum absolute atomic E-state index is 12.9. The summed E-state index contributed by atoms with van der Waals surface area (Å²) in [6.45, 7) is 8.27. The molecule has 0 aromatic heterocycles. The molecule has 0 aliphatic carbocycles. The van der Waals surface area contributed by atoms with Gasteiger partial charge < -0.3 is 14.5 Å². The molecular weight excluding hydrogens is 312 g/mol. The Hall–Kier alpha value is -2.33. The normalized spacial score (nSPS) is 17.3. The average Bonchev–Trinajstić information content (AvgIpc) is 2.99. The molecule has 0 unspecified atom stereocenters. The van der Waals surface area contributed by atoms with Gasteiger partial charge in [0.1, 0.15) is 0 Å². The minimum absolute atomic E-state index is 0.0995. The number of morpholine rings is 1. The number of benzene rings is 2. The third-order valence-electron chi connectivity index (χ3n) is 5.15. The van der Waals surface area contributed by atoms with E-state index in [0.717, 1.165) is 48.8 Å². The molecule has 130 valence electrons. The molecule has 1 saturated heterocycles. The summed E-state index contributed by atoms with van der Waals surface area (Å²) in [6.07, 6.45) is 0. The first-order chi connectivity index (χ1) is 12.1. The first-order valence-corrected chi connectivity index (χ1v) is 9.01. The molecule has 4 nitrogen and oxygen atoms in total. The molecule has 2 aromatic rings. The summed E-state index contributed by atoms with van der Waals surface area (Å²) < 4.78 is 5.42. The smallest absolute Gasteiger partial charge is 0.259 e. The van der Waals surface area contributed by atoms with E-state index in [-0.39, 0.29) is 5.91 Å². The molecule has 1 fully saturated rings. The summed E-state index contributed by atoms with van der Waals surface area (Å²) in [6, 6.07) is 14.6. The third-order valence-corrected chi connectivity index (χ3v) is 5.15. The largest absolute Gasteiger partial charge is 0.378 e. The molecule has 4 heteroatoms. The Kier molecular flexibility index (Phi) is 4.22. The van der Waals surface area contributed by atoms with Crippen molar-refractivity contribution in [3.8, 4) is 0 Å². The van der Waals surface area contributed by atoms with Crippen LogP contribution in [0.3, 0.4) is 0 Å². The Bertz CT molecular complexity index is 777. The molecule has 2 heterocycles. The standard InChI is InChI=1S/C21H24N2O2/c1-15(2)16-3-6-18(7-4-16)23-14-17-5-8-19(13-20(17)21(23)24)22-9-11-25-12-10-22/h3-8,13,15H,9-12,14H2,1-2H3. The van der Waals surface area contributed by atoms with Gasteiger partial charge in [0, 0.05) is 30.0 Å². The molecule has 2 aliphatic heterocycles. The number of amides is 1. The highest BCUT2D eigenvalue weighted by atomic mass is 16.5. The van der Waals surface area contributed by atoms with Crippen molar-refractivity contribution in [1.29, 1.82) is 0 Å².